The Morgan fingerprint density at radius 1 is 0.839 bits per heavy atom. The number of para-hydroxylation sites is 1. The van der Waals surface area contributed by atoms with Gasteiger partial charge in [-0.3, -0.25) is 25.4 Å². The molecule has 3 N–H and O–H groups in total. The minimum atomic E-state index is -0.242. The van der Waals surface area contributed by atoms with Crippen molar-refractivity contribution >= 4 is 22.7 Å². The predicted molar refractivity (Wildman–Crippen MR) is 121 cm³/mol. The number of pyridine rings is 1. The van der Waals surface area contributed by atoms with E-state index in [2.05, 4.69) is 26.9 Å². The van der Waals surface area contributed by atoms with Gasteiger partial charge in [-0.2, -0.15) is 0 Å². The number of rotatable bonds is 7. The molecular weight excluding hydrogens is 388 g/mol. The van der Waals surface area contributed by atoms with Gasteiger partial charge in [-0.05, 0) is 42.2 Å². The number of carbonyl (C=O) groups is 2. The number of H-pyrrole nitrogens is 1. The third kappa shape index (κ3) is 5.17. The summed E-state index contributed by atoms with van der Waals surface area (Å²) in [6.45, 7) is 0. The highest BCUT2D eigenvalue weighted by Gasteiger charge is 2.14. The van der Waals surface area contributed by atoms with Crippen LogP contribution in [0.3, 0.4) is 0 Å². The summed E-state index contributed by atoms with van der Waals surface area (Å²) >= 11 is 0. The van der Waals surface area contributed by atoms with E-state index in [9.17, 15) is 9.59 Å². The van der Waals surface area contributed by atoms with Crippen LogP contribution < -0.4 is 10.9 Å². The van der Waals surface area contributed by atoms with Gasteiger partial charge in [-0.1, -0.05) is 54.6 Å². The summed E-state index contributed by atoms with van der Waals surface area (Å²) in [5.41, 5.74) is 9.96. The molecule has 0 aliphatic carbocycles. The largest absolute Gasteiger partial charge is 0.353 e. The predicted octanol–water partition coefficient (Wildman–Crippen LogP) is 3.94. The van der Waals surface area contributed by atoms with E-state index in [1.54, 1.807) is 6.20 Å². The van der Waals surface area contributed by atoms with E-state index in [4.69, 9.17) is 0 Å². The van der Waals surface area contributed by atoms with E-state index < -0.39 is 0 Å². The third-order valence-electron chi connectivity index (χ3n) is 5.11. The maximum atomic E-state index is 12.2. The second-order valence-electron chi connectivity index (χ2n) is 7.35. The molecular formula is C25H24N4O2. The Morgan fingerprint density at radius 3 is 2.39 bits per heavy atom. The van der Waals surface area contributed by atoms with Crippen LogP contribution in [0.25, 0.3) is 22.3 Å². The minimum Gasteiger partial charge on any atom is -0.353 e. The van der Waals surface area contributed by atoms with Crippen LogP contribution >= 0.6 is 0 Å². The first-order valence-electron chi connectivity index (χ1n) is 10.3. The van der Waals surface area contributed by atoms with Crippen LogP contribution in [0.5, 0.6) is 0 Å². The zero-order valence-corrected chi connectivity index (χ0v) is 17.1. The van der Waals surface area contributed by atoms with Crippen LogP contribution in [0, 0.1) is 0 Å². The molecule has 0 saturated heterocycles. The van der Waals surface area contributed by atoms with E-state index >= 15 is 0 Å². The van der Waals surface area contributed by atoms with E-state index in [1.807, 2.05) is 66.7 Å². The van der Waals surface area contributed by atoms with Crippen LogP contribution in [-0.4, -0.2) is 21.8 Å². The van der Waals surface area contributed by atoms with Crippen molar-refractivity contribution in [2.45, 2.75) is 25.7 Å². The van der Waals surface area contributed by atoms with Gasteiger partial charge < -0.3 is 4.98 Å². The fourth-order valence-electron chi connectivity index (χ4n) is 3.64. The summed E-state index contributed by atoms with van der Waals surface area (Å²) < 4.78 is 0. The average molecular weight is 412 g/mol. The molecule has 31 heavy (non-hydrogen) atoms. The smallest absolute Gasteiger partial charge is 0.242 e. The maximum absolute atomic E-state index is 12.2. The number of hydrogen-bond acceptors (Lipinski definition) is 3. The molecule has 2 amide bonds. The number of hydrazine groups is 1. The highest BCUT2D eigenvalue weighted by atomic mass is 16.2. The van der Waals surface area contributed by atoms with Crippen molar-refractivity contribution in [3.8, 4) is 11.4 Å². The summed E-state index contributed by atoms with van der Waals surface area (Å²) in [4.78, 5) is 32.1. The lowest BCUT2D eigenvalue weighted by molar-refractivity contribution is -0.128. The van der Waals surface area contributed by atoms with Gasteiger partial charge in [0.05, 0.1) is 17.8 Å². The van der Waals surface area contributed by atoms with Crippen molar-refractivity contribution in [2.75, 3.05) is 0 Å². The van der Waals surface area contributed by atoms with Crippen LogP contribution in [0.15, 0.2) is 79.0 Å². The molecule has 0 saturated carbocycles. The summed E-state index contributed by atoms with van der Waals surface area (Å²) in [5.74, 6) is -0.450. The monoisotopic (exact) mass is 412 g/mol. The fourth-order valence-corrected chi connectivity index (χ4v) is 3.64. The van der Waals surface area contributed by atoms with Crippen molar-refractivity contribution in [1.29, 1.82) is 0 Å². The molecule has 6 heteroatoms. The summed E-state index contributed by atoms with van der Waals surface area (Å²) in [6, 6.07) is 23.4. The van der Waals surface area contributed by atoms with Crippen molar-refractivity contribution in [1.82, 2.24) is 20.8 Å². The first-order chi connectivity index (χ1) is 15.2. The number of carbonyl (C=O) groups excluding carboxylic acids is 2. The topological polar surface area (TPSA) is 86.9 Å². The second-order valence-corrected chi connectivity index (χ2v) is 7.35. The summed E-state index contributed by atoms with van der Waals surface area (Å²) in [5, 5.41) is 1.14. The Balaban J connectivity index is 1.34. The average Bonchev–Trinajstić information content (AvgIpc) is 3.18. The molecule has 2 aromatic heterocycles. The second kappa shape index (κ2) is 9.71. The number of nitrogens with one attached hydrogen (secondary N) is 3. The third-order valence-corrected chi connectivity index (χ3v) is 5.11. The zero-order chi connectivity index (χ0) is 21.5. The molecule has 2 heterocycles. The first kappa shape index (κ1) is 20.3. The Hall–Kier alpha value is -3.93. The van der Waals surface area contributed by atoms with Crippen molar-refractivity contribution in [3.63, 3.8) is 0 Å². The molecule has 0 spiro atoms. The number of benzene rings is 2. The molecule has 0 radical (unpaired) electrons. The SMILES string of the molecule is O=C(CCCc1c(-c2ccccn2)[nH]c2ccccc12)NNC(=O)Cc1ccccc1. The van der Waals surface area contributed by atoms with E-state index in [1.165, 1.54) is 0 Å². The Morgan fingerprint density at radius 2 is 1.58 bits per heavy atom. The quantitative estimate of drug-likeness (QED) is 0.402. The Labute approximate surface area is 180 Å². The standard InChI is InChI=1S/C25H24N4O2/c30-23(28-29-24(31)17-18-9-2-1-3-10-18)15-8-12-20-19-11-4-5-13-21(19)27-25(20)22-14-6-7-16-26-22/h1-7,9-11,13-14,16,27H,8,12,15,17H2,(H,28,30)(H,29,31). The molecule has 0 aliphatic heterocycles. The van der Waals surface area contributed by atoms with Gasteiger partial charge in [0.2, 0.25) is 11.8 Å². The molecule has 4 rings (SSSR count). The lowest BCUT2D eigenvalue weighted by Gasteiger charge is -2.08. The van der Waals surface area contributed by atoms with Gasteiger partial charge in [0, 0.05) is 23.5 Å². The number of aryl methyl sites for hydroxylation is 1. The molecule has 0 aliphatic rings. The van der Waals surface area contributed by atoms with Gasteiger partial charge >= 0.3 is 0 Å². The number of hydrogen-bond donors (Lipinski definition) is 3. The summed E-state index contributed by atoms with van der Waals surface area (Å²) in [7, 11) is 0. The molecule has 0 fully saturated rings. The summed E-state index contributed by atoms with van der Waals surface area (Å²) in [6.07, 6.45) is 3.69. The van der Waals surface area contributed by atoms with Gasteiger partial charge in [-0.25, -0.2) is 0 Å². The lowest BCUT2D eigenvalue weighted by atomic mass is 10.0. The van der Waals surface area contributed by atoms with Gasteiger partial charge in [0.1, 0.15) is 0 Å². The first-order valence-corrected chi connectivity index (χ1v) is 10.3. The van der Waals surface area contributed by atoms with Crippen molar-refractivity contribution < 1.29 is 9.59 Å². The van der Waals surface area contributed by atoms with Crippen molar-refractivity contribution in [2.24, 2.45) is 0 Å². The zero-order valence-electron chi connectivity index (χ0n) is 17.1. The fraction of sp³-hybridized carbons (Fsp3) is 0.160. The van der Waals surface area contributed by atoms with Crippen LogP contribution in [0.1, 0.15) is 24.0 Å². The maximum Gasteiger partial charge on any atom is 0.242 e. The molecule has 0 bridgehead atoms. The van der Waals surface area contributed by atoms with Crippen molar-refractivity contribution in [3.05, 3.63) is 90.1 Å². The normalized spacial score (nSPS) is 10.7. The molecule has 4 aromatic rings. The van der Waals surface area contributed by atoms with Gasteiger partial charge in [0.15, 0.2) is 0 Å². The van der Waals surface area contributed by atoms with Gasteiger partial charge in [0.25, 0.3) is 0 Å². The molecule has 0 atom stereocenters. The van der Waals surface area contributed by atoms with Gasteiger partial charge in [-0.15, -0.1) is 0 Å². The molecule has 0 unspecified atom stereocenters. The number of amides is 2. The number of aromatic nitrogens is 2. The number of aromatic amines is 1. The van der Waals surface area contributed by atoms with E-state index in [0.717, 1.165) is 39.8 Å². The highest BCUT2D eigenvalue weighted by Crippen LogP contribution is 2.30. The highest BCUT2D eigenvalue weighted by molar-refractivity contribution is 5.90. The Kier molecular flexibility index (Phi) is 6.38. The van der Waals surface area contributed by atoms with E-state index in [0.29, 0.717) is 12.8 Å². The molecule has 156 valence electrons. The number of fused-ring (bicyclic) bond motifs is 1. The van der Waals surface area contributed by atoms with E-state index in [-0.39, 0.29) is 18.2 Å². The van der Waals surface area contributed by atoms with Crippen LogP contribution in [0.4, 0.5) is 0 Å². The Bertz CT molecular complexity index is 1170. The lowest BCUT2D eigenvalue weighted by Crippen LogP contribution is -2.42. The van der Waals surface area contributed by atoms with Crippen LogP contribution in [0.2, 0.25) is 0 Å². The molecule has 6 nitrogen and oxygen atoms in total. The van der Waals surface area contributed by atoms with Crippen LogP contribution in [-0.2, 0) is 22.4 Å². The molecule has 2 aromatic carbocycles. The minimum absolute atomic E-state index is 0.208. The number of nitrogens with zero attached hydrogens (tertiary/aromatic N) is 1.